The van der Waals surface area contributed by atoms with Crippen molar-refractivity contribution >= 4 is 23.5 Å². The van der Waals surface area contributed by atoms with E-state index >= 15 is 0 Å². The monoisotopic (exact) mass is 383 g/mol. The van der Waals surface area contributed by atoms with E-state index in [0.717, 1.165) is 18.8 Å². The van der Waals surface area contributed by atoms with Gasteiger partial charge >= 0.3 is 6.03 Å². The molecule has 0 radical (unpaired) electrons. The lowest BCUT2D eigenvalue weighted by Crippen LogP contribution is -2.60. The van der Waals surface area contributed by atoms with E-state index in [1.165, 1.54) is 10.5 Å². The fourth-order valence-corrected chi connectivity index (χ4v) is 4.27. The molecule has 0 unspecified atom stereocenters. The Hall–Kier alpha value is -2.02. The zero-order valence-corrected chi connectivity index (χ0v) is 16.3. The first-order chi connectivity index (χ1) is 13.2. The topological polar surface area (TPSA) is 44.8 Å². The predicted molar refractivity (Wildman–Crippen MR) is 109 cm³/mol. The summed E-state index contributed by atoms with van der Waals surface area (Å²) in [5, 5.41) is 3.02. The Bertz CT molecular complexity index is 769. The number of fused-ring (bicyclic) bond motifs is 1. The van der Waals surface area contributed by atoms with Gasteiger partial charge < -0.3 is 15.0 Å². The van der Waals surface area contributed by atoms with Crippen LogP contribution in [0.25, 0.3) is 0 Å². The van der Waals surface area contributed by atoms with Crippen LogP contribution in [0, 0.1) is 0 Å². The van der Waals surface area contributed by atoms with E-state index < -0.39 is 0 Å². The van der Waals surface area contributed by atoms with Crippen molar-refractivity contribution in [3.05, 3.63) is 60.2 Å². The number of carbonyl (C=O) groups excluding carboxylic acids is 1. The van der Waals surface area contributed by atoms with Crippen LogP contribution in [-0.2, 0) is 4.74 Å². The first kappa shape index (κ1) is 18.3. The van der Waals surface area contributed by atoms with Crippen molar-refractivity contribution in [1.82, 2.24) is 9.80 Å². The Labute approximate surface area is 164 Å². The average molecular weight is 384 g/mol. The van der Waals surface area contributed by atoms with Crippen LogP contribution in [0.4, 0.5) is 10.5 Å². The van der Waals surface area contributed by atoms with Crippen LogP contribution in [0.3, 0.4) is 0 Å². The Kier molecular flexibility index (Phi) is 5.66. The van der Waals surface area contributed by atoms with Gasteiger partial charge in [0.15, 0.2) is 0 Å². The van der Waals surface area contributed by atoms with Gasteiger partial charge in [-0.2, -0.15) is 0 Å². The summed E-state index contributed by atoms with van der Waals surface area (Å²) < 4.78 is 5.88. The highest BCUT2D eigenvalue weighted by atomic mass is 32.2. The van der Waals surface area contributed by atoms with Crippen molar-refractivity contribution < 1.29 is 9.53 Å². The number of rotatable bonds is 3. The molecule has 2 atom stereocenters. The number of piperazine rings is 1. The Balaban J connectivity index is 1.39. The number of thioether (sulfide) groups is 1. The molecule has 142 valence electrons. The van der Waals surface area contributed by atoms with E-state index in [1.54, 1.807) is 11.8 Å². The molecule has 2 amide bonds. The Morgan fingerprint density at radius 2 is 1.85 bits per heavy atom. The van der Waals surface area contributed by atoms with Crippen molar-refractivity contribution in [2.45, 2.75) is 17.0 Å². The number of hydrogen-bond donors (Lipinski definition) is 1. The summed E-state index contributed by atoms with van der Waals surface area (Å²) in [7, 11) is 0. The summed E-state index contributed by atoms with van der Waals surface area (Å²) in [5.74, 6) is 0. The molecular weight excluding hydrogens is 358 g/mol. The van der Waals surface area contributed by atoms with Crippen LogP contribution >= 0.6 is 11.8 Å². The highest BCUT2D eigenvalue weighted by Gasteiger charge is 2.37. The lowest BCUT2D eigenvalue weighted by molar-refractivity contribution is -0.0748. The van der Waals surface area contributed by atoms with Crippen LogP contribution < -0.4 is 5.32 Å². The van der Waals surface area contributed by atoms with Crippen LogP contribution in [-0.4, -0.2) is 61.0 Å². The smallest absolute Gasteiger partial charge is 0.321 e. The molecule has 0 aliphatic carbocycles. The van der Waals surface area contributed by atoms with Gasteiger partial charge in [-0.1, -0.05) is 30.3 Å². The largest absolute Gasteiger partial charge is 0.378 e. The number of nitrogens with zero attached hydrogens (tertiary/aromatic N) is 2. The van der Waals surface area contributed by atoms with Crippen molar-refractivity contribution in [2.24, 2.45) is 0 Å². The third-order valence-electron chi connectivity index (χ3n) is 5.33. The van der Waals surface area contributed by atoms with Crippen LogP contribution in [0.1, 0.15) is 11.6 Å². The lowest BCUT2D eigenvalue weighted by Gasteiger charge is -2.48. The van der Waals surface area contributed by atoms with Gasteiger partial charge in [-0.05, 0) is 36.1 Å². The van der Waals surface area contributed by atoms with E-state index in [-0.39, 0.29) is 18.1 Å². The fraction of sp³-hybridized carbons (Fsp3) is 0.381. The molecule has 4 rings (SSSR count). The number of morpholine rings is 1. The molecule has 0 spiro atoms. The molecule has 2 aromatic rings. The second-order valence-electron chi connectivity index (χ2n) is 6.96. The molecule has 0 aromatic heterocycles. The number of carbonyl (C=O) groups is 1. The molecule has 0 bridgehead atoms. The van der Waals surface area contributed by atoms with Gasteiger partial charge in [0.1, 0.15) is 0 Å². The summed E-state index contributed by atoms with van der Waals surface area (Å²) >= 11 is 1.69. The van der Waals surface area contributed by atoms with Gasteiger partial charge in [0.05, 0.1) is 25.3 Å². The van der Waals surface area contributed by atoms with E-state index in [4.69, 9.17) is 4.74 Å². The molecule has 2 aliphatic rings. The molecule has 2 aliphatic heterocycles. The molecule has 5 nitrogen and oxygen atoms in total. The van der Waals surface area contributed by atoms with Gasteiger partial charge in [-0.15, -0.1) is 11.8 Å². The zero-order valence-electron chi connectivity index (χ0n) is 15.5. The minimum atomic E-state index is -0.0339. The third-order valence-corrected chi connectivity index (χ3v) is 6.07. The number of nitrogens with one attached hydrogen (secondary N) is 1. The molecule has 2 aromatic carbocycles. The van der Waals surface area contributed by atoms with E-state index in [9.17, 15) is 4.79 Å². The first-order valence-electron chi connectivity index (χ1n) is 9.33. The van der Waals surface area contributed by atoms with Crippen molar-refractivity contribution in [1.29, 1.82) is 0 Å². The number of hydrogen-bond acceptors (Lipinski definition) is 4. The summed E-state index contributed by atoms with van der Waals surface area (Å²) in [6.45, 7) is 3.68. The summed E-state index contributed by atoms with van der Waals surface area (Å²) in [6, 6.07) is 18.9. The molecule has 6 heteroatoms. The van der Waals surface area contributed by atoms with Gasteiger partial charge in [-0.25, -0.2) is 4.79 Å². The fourth-order valence-electron chi connectivity index (χ4n) is 3.86. The number of amides is 2. The first-order valence-corrected chi connectivity index (χ1v) is 10.6. The Morgan fingerprint density at radius 3 is 2.59 bits per heavy atom. The molecule has 0 saturated carbocycles. The zero-order chi connectivity index (χ0) is 18.6. The summed E-state index contributed by atoms with van der Waals surface area (Å²) in [6.07, 6.45) is 2.04. The van der Waals surface area contributed by atoms with E-state index in [1.807, 2.05) is 41.5 Å². The summed E-state index contributed by atoms with van der Waals surface area (Å²) in [4.78, 5) is 18.3. The molecule has 2 saturated heterocycles. The molecule has 27 heavy (non-hydrogen) atoms. The van der Waals surface area contributed by atoms with Gasteiger partial charge in [0.25, 0.3) is 0 Å². The van der Waals surface area contributed by atoms with Crippen LogP contribution in [0.2, 0.25) is 0 Å². The van der Waals surface area contributed by atoms with Gasteiger partial charge in [0.2, 0.25) is 0 Å². The molecule has 2 fully saturated rings. The van der Waals surface area contributed by atoms with E-state index in [0.29, 0.717) is 19.8 Å². The highest BCUT2D eigenvalue weighted by Crippen LogP contribution is 2.29. The van der Waals surface area contributed by atoms with Crippen molar-refractivity contribution in [2.75, 3.05) is 44.4 Å². The van der Waals surface area contributed by atoms with Crippen molar-refractivity contribution in [3.63, 3.8) is 0 Å². The number of ether oxygens (including phenoxy) is 1. The molecular formula is C21H25N3O2S. The number of benzene rings is 2. The summed E-state index contributed by atoms with van der Waals surface area (Å²) in [5.41, 5.74) is 2.12. The molecule has 2 heterocycles. The van der Waals surface area contributed by atoms with Gasteiger partial charge in [-0.3, -0.25) is 4.90 Å². The predicted octanol–water partition coefficient (Wildman–Crippen LogP) is 3.70. The number of anilines is 1. The standard InChI is InChI=1S/C21H25N3O2S/c1-27-19-9-7-17(8-10-19)22-21(25)23-11-12-24-18(13-23)14-26-15-20(24)16-5-3-2-4-6-16/h2-10,18,20H,11-15H2,1H3,(H,22,25)/t18-,20-/m1/s1. The second-order valence-corrected chi connectivity index (χ2v) is 7.84. The third kappa shape index (κ3) is 4.13. The van der Waals surface area contributed by atoms with Crippen LogP contribution in [0.15, 0.2) is 59.5 Å². The maximum atomic E-state index is 12.7. The second kappa shape index (κ2) is 8.33. The maximum absolute atomic E-state index is 12.7. The number of urea groups is 1. The van der Waals surface area contributed by atoms with Crippen molar-refractivity contribution in [3.8, 4) is 0 Å². The normalized spacial score (nSPS) is 22.9. The Morgan fingerprint density at radius 1 is 1.07 bits per heavy atom. The average Bonchev–Trinajstić information content (AvgIpc) is 2.74. The minimum Gasteiger partial charge on any atom is -0.378 e. The SMILES string of the molecule is CSc1ccc(NC(=O)N2CCN3[C@@H](COC[C@@H]3c3ccccc3)C2)cc1. The quantitative estimate of drug-likeness (QED) is 0.821. The highest BCUT2D eigenvalue weighted by molar-refractivity contribution is 7.98. The lowest BCUT2D eigenvalue weighted by atomic mass is 10.0. The van der Waals surface area contributed by atoms with E-state index in [2.05, 4.69) is 34.5 Å². The van der Waals surface area contributed by atoms with Crippen LogP contribution in [0.5, 0.6) is 0 Å². The van der Waals surface area contributed by atoms with Gasteiger partial charge in [0, 0.05) is 30.2 Å². The maximum Gasteiger partial charge on any atom is 0.321 e. The molecule has 1 N–H and O–H groups in total. The minimum absolute atomic E-state index is 0.0339.